The number of nitrogens with zero attached hydrogens (tertiary/aromatic N) is 3. The lowest BCUT2D eigenvalue weighted by molar-refractivity contribution is 0.963. The lowest BCUT2D eigenvalue weighted by Gasteiger charge is -2.10. The summed E-state index contributed by atoms with van der Waals surface area (Å²) < 4.78 is 1.01. The fourth-order valence-electron chi connectivity index (χ4n) is 1.64. The van der Waals surface area contributed by atoms with E-state index < -0.39 is 0 Å². The van der Waals surface area contributed by atoms with Crippen molar-refractivity contribution in [1.82, 2.24) is 15.0 Å². The molecule has 0 bridgehead atoms. The fourth-order valence-corrected chi connectivity index (χ4v) is 2.09. The molecule has 0 fully saturated rings. The van der Waals surface area contributed by atoms with Gasteiger partial charge in [0.15, 0.2) is 0 Å². The van der Waals surface area contributed by atoms with Crippen molar-refractivity contribution in [2.75, 3.05) is 17.2 Å². The van der Waals surface area contributed by atoms with E-state index in [1.165, 1.54) is 0 Å². The van der Waals surface area contributed by atoms with Crippen LogP contribution in [0.4, 0.5) is 17.5 Å². The highest BCUT2D eigenvalue weighted by Crippen LogP contribution is 2.19. The molecule has 0 saturated carbocycles. The smallest absolute Gasteiger partial charge is 0.229 e. The highest BCUT2D eigenvalue weighted by molar-refractivity contribution is 14.1. The molecule has 0 unspecified atom stereocenters. The van der Waals surface area contributed by atoms with Gasteiger partial charge in [-0.2, -0.15) is 4.98 Å². The molecule has 2 aromatic rings. The average Bonchev–Trinajstić information content (AvgIpc) is 2.43. The van der Waals surface area contributed by atoms with Crippen molar-refractivity contribution in [2.24, 2.45) is 0 Å². The van der Waals surface area contributed by atoms with Gasteiger partial charge in [0.2, 0.25) is 5.95 Å². The largest absolute Gasteiger partial charge is 0.369 e. The average molecular weight is 383 g/mol. The van der Waals surface area contributed by atoms with Crippen LogP contribution in [-0.2, 0) is 0 Å². The van der Waals surface area contributed by atoms with Crippen molar-refractivity contribution >= 4 is 40.0 Å². The molecule has 0 radical (unpaired) electrons. The number of pyridine rings is 1. The van der Waals surface area contributed by atoms with Gasteiger partial charge < -0.3 is 10.6 Å². The van der Waals surface area contributed by atoms with Crippen molar-refractivity contribution in [3.63, 3.8) is 0 Å². The Morgan fingerprint density at radius 2 is 2.00 bits per heavy atom. The van der Waals surface area contributed by atoms with Gasteiger partial charge in [-0.05, 0) is 54.5 Å². The van der Waals surface area contributed by atoms with E-state index in [0.29, 0.717) is 5.95 Å². The van der Waals surface area contributed by atoms with E-state index in [1.807, 2.05) is 26.1 Å². The normalized spacial score (nSPS) is 10.4. The Morgan fingerprint density at radius 1 is 1.20 bits per heavy atom. The summed E-state index contributed by atoms with van der Waals surface area (Å²) in [5, 5.41) is 6.48. The number of halogens is 1. The molecule has 0 aliphatic rings. The molecule has 0 aromatic carbocycles. The molecule has 0 amide bonds. The van der Waals surface area contributed by atoms with E-state index in [1.54, 1.807) is 6.20 Å². The van der Waals surface area contributed by atoms with Crippen molar-refractivity contribution in [3.8, 4) is 0 Å². The Morgan fingerprint density at radius 3 is 2.70 bits per heavy atom. The summed E-state index contributed by atoms with van der Waals surface area (Å²) in [7, 11) is 0. The van der Waals surface area contributed by atoms with Gasteiger partial charge in [-0.15, -0.1) is 0 Å². The SMILES string of the molecule is CCCNc1nc(Nc2cnc(C)c(C)c2)ncc1I. The van der Waals surface area contributed by atoms with Gasteiger partial charge in [-0.25, -0.2) is 4.98 Å². The van der Waals surface area contributed by atoms with Gasteiger partial charge in [-0.1, -0.05) is 6.92 Å². The predicted octanol–water partition coefficient (Wildman–Crippen LogP) is 3.66. The standard InChI is InChI=1S/C14H18IN5/c1-4-5-16-13-12(15)8-18-14(20-13)19-11-6-9(2)10(3)17-7-11/h6-8H,4-5H2,1-3H3,(H2,16,18,19,20). The van der Waals surface area contributed by atoms with Gasteiger partial charge in [0.1, 0.15) is 5.82 Å². The summed E-state index contributed by atoms with van der Waals surface area (Å²) in [4.78, 5) is 13.1. The minimum absolute atomic E-state index is 0.578. The molecule has 0 saturated heterocycles. The van der Waals surface area contributed by atoms with Gasteiger partial charge in [0, 0.05) is 18.4 Å². The first-order valence-corrected chi connectivity index (χ1v) is 7.64. The van der Waals surface area contributed by atoms with E-state index in [9.17, 15) is 0 Å². The highest BCUT2D eigenvalue weighted by Gasteiger charge is 2.05. The summed E-state index contributed by atoms with van der Waals surface area (Å²) in [5.74, 6) is 1.44. The third-order valence-electron chi connectivity index (χ3n) is 2.88. The molecule has 0 aliphatic carbocycles. The molecule has 6 heteroatoms. The van der Waals surface area contributed by atoms with Crippen molar-refractivity contribution in [2.45, 2.75) is 27.2 Å². The molecular weight excluding hydrogens is 365 g/mol. The number of hydrogen-bond acceptors (Lipinski definition) is 5. The maximum Gasteiger partial charge on any atom is 0.229 e. The van der Waals surface area contributed by atoms with Crippen LogP contribution in [0.1, 0.15) is 24.6 Å². The molecule has 2 N–H and O–H groups in total. The van der Waals surface area contributed by atoms with E-state index in [4.69, 9.17) is 0 Å². The number of aromatic nitrogens is 3. The van der Waals surface area contributed by atoms with Crippen LogP contribution in [-0.4, -0.2) is 21.5 Å². The number of rotatable bonds is 5. The van der Waals surface area contributed by atoms with Crippen molar-refractivity contribution < 1.29 is 0 Å². The Labute approximate surface area is 132 Å². The summed E-state index contributed by atoms with van der Waals surface area (Å²) in [6, 6.07) is 2.04. The molecule has 5 nitrogen and oxygen atoms in total. The summed E-state index contributed by atoms with van der Waals surface area (Å²) in [6.45, 7) is 7.06. The molecular formula is C14H18IN5. The van der Waals surface area contributed by atoms with Crippen molar-refractivity contribution in [3.05, 3.63) is 33.3 Å². The number of aryl methyl sites for hydroxylation is 2. The first-order valence-electron chi connectivity index (χ1n) is 6.57. The first kappa shape index (κ1) is 15.0. The zero-order valence-corrected chi connectivity index (χ0v) is 14.0. The van der Waals surface area contributed by atoms with E-state index in [0.717, 1.165) is 39.3 Å². The topological polar surface area (TPSA) is 62.7 Å². The zero-order chi connectivity index (χ0) is 14.5. The molecule has 106 valence electrons. The molecule has 2 rings (SSSR count). The van der Waals surface area contributed by atoms with Crippen LogP contribution in [0.2, 0.25) is 0 Å². The predicted molar refractivity (Wildman–Crippen MR) is 90.5 cm³/mol. The molecule has 2 heterocycles. The molecule has 0 spiro atoms. The van der Waals surface area contributed by atoms with Crippen LogP contribution >= 0.6 is 22.6 Å². The quantitative estimate of drug-likeness (QED) is 0.772. The number of anilines is 3. The molecule has 20 heavy (non-hydrogen) atoms. The monoisotopic (exact) mass is 383 g/mol. The van der Waals surface area contributed by atoms with Gasteiger partial charge in [0.25, 0.3) is 0 Å². The maximum atomic E-state index is 4.49. The van der Waals surface area contributed by atoms with Gasteiger partial charge >= 0.3 is 0 Å². The Balaban J connectivity index is 2.18. The number of hydrogen-bond donors (Lipinski definition) is 2. The molecule has 2 aromatic heterocycles. The second kappa shape index (κ2) is 6.83. The Hall–Kier alpha value is -1.44. The summed E-state index contributed by atoms with van der Waals surface area (Å²) >= 11 is 2.23. The van der Waals surface area contributed by atoms with Crippen LogP contribution in [0.15, 0.2) is 18.5 Å². The minimum atomic E-state index is 0.578. The second-order valence-corrected chi connectivity index (χ2v) is 5.73. The highest BCUT2D eigenvalue weighted by atomic mass is 127. The molecule has 0 aliphatic heterocycles. The maximum absolute atomic E-state index is 4.49. The zero-order valence-electron chi connectivity index (χ0n) is 11.9. The van der Waals surface area contributed by atoms with Crippen LogP contribution in [0.25, 0.3) is 0 Å². The van der Waals surface area contributed by atoms with Gasteiger partial charge in [0.05, 0.1) is 15.5 Å². The van der Waals surface area contributed by atoms with E-state index in [-0.39, 0.29) is 0 Å². The van der Waals surface area contributed by atoms with Gasteiger partial charge in [-0.3, -0.25) is 4.98 Å². The third-order valence-corrected chi connectivity index (χ3v) is 3.67. The third kappa shape index (κ3) is 3.78. The van der Waals surface area contributed by atoms with Crippen LogP contribution in [0, 0.1) is 17.4 Å². The summed E-state index contributed by atoms with van der Waals surface area (Å²) in [6.07, 6.45) is 4.66. The Bertz CT molecular complexity index is 600. The second-order valence-electron chi connectivity index (χ2n) is 4.57. The number of nitrogens with one attached hydrogen (secondary N) is 2. The van der Waals surface area contributed by atoms with E-state index in [2.05, 4.69) is 55.1 Å². The lowest BCUT2D eigenvalue weighted by atomic mass is 10.2. The molecule has 0 atom stereocenters. The minimum Gasteiger partial charge on any atom is -0.369 e. The van der Waals surface area contributed by atoms with E-state index >= 15 is 0 Å². The van der Waals surface area contributed by atoms with Crippen LogP contribution in [0.5, 0.6) is 0 Å². The Kier molecular flexibility index (Phi) is 5.11. The fraction of sp³-hybridized carbons (Fsp3) is 0.357. The lowest BCUT2D eigenvalue weighted by Crippen LogP contribution is -2.07. The van der Waals surface area contributed by atoms with Crippen molar-refractivity contribution in [1.29, 1.82) is 0 Å². The summed E-state index contributed by atoms with van der Waals surface area (Å²) in [5.41, 5.74) is 3.07. The van der Waals surface area contributed by atoms with Crippen LogP contribution < -0.4 is 10.6 Å². The van der Waals surface area contributed by atoms with Crippen LogP contribution in [0.3, 0.4) is 0 Å². The first-order chi connectivity index (χ1) is 9.60.